The van der Waals surface area contributed by atoms with E-state index in [-0.39, 0.29) is 18.3 Å². The Balaban J connectivity index is 1.55. The molecule has 0 aliphatic heterocycles. The van der Waals surface area contributed by atoms with Gasteiger partial charge >= 0.3 is 0 Å². The van der Waals surface area contributed by atoms with Crippen molar-refractivity contribution in [2.24, 2.45) is 0 Å². The fourth-order valence-corrected chi connectivity index (χ4v) is 2.38. The molecule has 0 radical (unpaired) electrons. The third kappa shape index (κ3) is 4.52. The van der Waals surface area contributed by atoms with Gasteiger partial charge in [0.25, 0.3) is 5.91 Å². The molecular weight excluding hydrogens is 334 g/mol. The number of furan rings is 1. The number of aromatic nitrogens is 2. The number of carbonyl (C=O) groups is 1. The summed E-state index contributed by atoms with van der Waals surface area (Å²) in [6.45, 7) is 2.68. The van der Waals surface area contributed by atoms with Gasteiger partial charge in [-0.05, 0) is 36.2 Å². The Kier molecular flexibility index (Phi) is 5.70. The summed E-state index contributed by atoms with van der Waals surface area (Å²) in [7, 11) is 1.57. The molecule has 3 aromatic rings. The van der Waals surface area contributed by atoms with E-state index in [1.54, 1.807) is 36.3 Å². The Morgan fingerprint density at radius 3 is 2.77 bits per heavy atom. The summed E-state index contributed by atoms with van der Waals surface area (Å²) in [6, 6.07) is 11.2. The molecule has 0 saturated carbocycles. The number of anilines is 1. The van der Waals surface area contributed by atoms with Gasteiger partial charge in [0.2, 0.25) is 0 Å². The Labute approximate surface area is 151 Å². The zero-order chi connectivity index (χ0) is 18.4. The van der Waals surface area contributed by atoms with Gasteiger partial charge in [-0.25, -0.2) is 4.68 Å². The quantitative estimate of drug-likeness (QED) is 0.669. The number of carbonyl (C=O) groups excluding carboxylic acids is 1. The van der Waals surface area contributed by atoms with Crippen LogP contribution in [0.5, 0.6) is 5.75 Å². The molecule has 0 unspecified atom stereocenters. The zero-order valence-electron chi connectivity index (χ0n) is 14.8. The first-order valence-corrected chi connectivity index (χ1v) is 8.31. The topological polar surface area (TPSA) is 78.5 Å². The van der Waals surface area contributed by atoms with Crippen LogP contribution in [0.15, 0.2) is 53.2 Å². The summed E-state index contributed by atoms with van der Waals surface area (Å²) in [5.74, 6) is 1.20. The average molecular weight is 355 g/mol. The van der Waals surface area contributed by atoms with Gasteiger partial charge in [0.05, 0.1) is 18.1 Å². The number of nitrogens with one attached hydrogen (secondary N) is 1. The van der Waals surface area contributed by atoms with Crippen molar-refractivity contribution >= 4 is 11.6 Å². The van der Waals surface area contributed by atoms with Crippen LogP contribution in [-0.4, -0.2) is 22.8 Å². The van der Waals surface area contributed by atoms with E-state index in [0.29, 0.717) is 18.2 Å². The molecule has 0 bridgehead atoms. The zero-order valence-corrected chi connectivity index (χ0v) is 14.8. The highest BCUT2D eigenvalue weighted by atomic mass is 16.5. The van der Waals surface area contributed by atoms with Crippen molar-refractivity contribution in [3.63, 3.8) is 0 Å². The van der Waals surface area contributed by atoms with E-state index in [2.05, 4.69) is 17.3 Å². The molecule has 2 aromatic heterocycles. The van der Waals surface area contributed by atoms with E-state index in [1.807, 2.05) is 24.3 Å². The fourth-order valence-electron chi connectivity index (χ4n) is 2.38. The van der Waals surface area contributed by atoms with E-state index in [1.165, 1.54) is 5.56 Å². The van der Waals surface area contributed by atoms with E-state index < -0.39 is 0 Å². The van der Waals surface area contributed by atoms with Crippen LogP contribution in [-0.2, 0) is 24.5 Å². The average Bonchev–Trinajstić information content (AvgIpc) is 3.30. The van der Waals surface area contributed by atoms with Crippen molar-refractivity contribution in [3.8, 4) is 5.75 Å². The monoisotopic (exact) mass is 355 g/mol. The number of nitrogens with zero attached hydrogens (tertiary/aromatic N) is 2. The van der Waals surface area contributed by atoms with E-state index >= 15 is 0 Å². The van der Waals surface area contributed by atoms with Gasteiger partial charge in [-0.3, -0.25) is 4.79 Å². The lowest BCUT2D eigenvalue weighted by Crippen LogP contribution is -2.10. The first-order valence-electron chi connectivity index (χ1n) is 8.31. The van der Waals surface area contributed by atoms with Crippen LogP contribution in [0.25, 0.3) is 0 Å². The van der Waals surface area contributed by atoms with E-state index in [4.69, 9.17) is 13.9 Å². The van der Waals surface area contributed by atoms with Gasteiger partial charge in [0.1, 0.15) is 24.8 Å². The molecule has 3 rings (SSSR count). The normalized spacial score (nSPS) is 10.7. The largest absolute Gasteiger partial charge is 0.486 e. The van der Waals surface area contributed by atoms with Gasteiger partial charge < -0.3 is 19.2 Å². The molecule has 0 saturated heterocycles. The minimum absolute atomic E-state index is 0.212. The molecule has 1 amide bonds. The molecule has 0 aliphatic rings. The summed E-state index contributed by atoms with van der Waals surface area (Å²) in [5.41, 5.74) is 1.82. The molecule has 136 valence electrons. The molecule has 26 heavy (non-hydrogen) atoms. The second kappa shape index (κ2) is 8.35. The fraction of sp³-hybridized carbons (Fsp3) is 0.263. The molecule has 7 heteroatoms. The van der Waals surface area contributed by atoms with Crippen molar-refractivity contribution in [1.82, 2.24) is 9.78 Å². The van der Waals surface area contributed by atoms with Gasteiger partial charge in [0.15, 0.2) is 5.76 Å². The lowest BCUT2D eigenvalue weighted by atomic mass is 10.2. The summed E-state index contributed by atoms with van der Waals surface area (Å²) in [4.78, 5) is 12.2. The molecule has 0 fully saturated rings. The van der Waals surface area contributed by atoms with Gasteiger partial charge in [0, 0.05) is 7.11 Å². The van der Waals surface area contributed by atoms with Gasteiger partial charge in [-0.2, -0.15) is 5.10 Å². The number of methoxy groups -OCH3 is 1. The van der Waals surface area contributed by atoms with Crippen LogP contribution >= 0.6 is 0 Å². The number of rotatable bonds is 8. The number of hydrogen-bond donors (Lipinski definition) is 1. The minimum atomic E-state index is -0.347. The number of amides is 1. The number of hydrogen-bond acceptors (Lipinski definition) is 5. The van der Waals surface area contributed by atoms with Crippen LogP contribution in [0.1, 0.15) is 28.8 Å². The van der Waals surface area contributed by atoms with Crippen LogP contribution in [0.3, 0.4) is 0 Å². The van der Waals surface area contributed by atoms with Crippen molar-refractivity contribution in [2.45, 2.75) is 26.7 Å². The molecule has 2 heterocycles. The predicted molar refractivity (Wildman–Crippen MR) is 96.0 cm³/mol. The van der Waals surface area contributed by atoms with Gasteiger partial charge in [-0.1, -0.05) is 19.1 Å². The van der Waals surface area contributed by atoms with E-state index in [0.717, 1.165) is 12.2 Å². The van der Waals surface area contributed by atoms with Crippen molar-refractivity contribution < 1.29 is 18.7 Å². The Morgan fingerprint density at radius 2 is 2.04 bits per heavy atom. The highest BCUT2D eigenvalue weighted by Crippen LogP contribution is 2.17. The first kappa shape index (κ1) is 17.8. The first-order chi connectivity index (χ1) is 12.7. The number of benzene rings is 1. The van der Waals surface area contributed by atoms with Crippen LogP contribution < -0.4 is 10.1 Å². The predicted octanol–water partition coefficient (Wildman–Crippen LogP) is 3.47. The highest BCUT2D eigenvalue weighted by molar-refractivity contribution is 6.02. The standard InChI is InChI=1S/C19H21N3O4/c1-3-14-4-6-16(7-5-14)25-12-17-8-9-18(26-17)19(23)21-15-10-20-22(11-15)13-24-2/h4-11H,3,12-13H2,1-2H3,(H,21,23). The van der Waals surface area contributed by atoms with Crippen molar-refractivity contribution in [2.75, 3.05) is 12.4 Å². The van der Waals surface area contributed by atoms with Crippen LogP contribution in [0.4, 0.5) is 5.69 Å². The summed E-state index contributed by atoms with van der Waals surface area (Å²) < 4.78 is 17.8. The maximum absolute atomic E-state index is 12.2. The summed E-state index contributed by atoms with van der Waals surface area (Å²) in [5, 5.41) is 6.78. The second-order valence-electron chi connectivity index (χ2n) is 5.69. The third-order valence-corrected chi connectivity index (χ3v) is 3.75. The SMILES string of the molecule is CCc1ccc(OCc2ccc(C(=O)Nc3cnn(COC)c3)o2)cc1. The lowest BCUT2D eigenvalue weighted by molar-refractivity contribution is 0.0992. The Hall–Kier alpha value is -3.06. The summed E-state index contributed by atoms with van der Waals surface area (Å²) in [6.07, 6.45) is 4.21. The smallest absolute Gasteiger partial charge is 0.291 e. The molecular formula is C19H21N3O4. The van der Waals surface area contributed by atoms with Crippen LogP contribution in [0.2, 0.25) is 0 Å². The number of aryl methyl sites for hydroxylation is 1. The van der Waals surface area contributed by atoms with Crippen molar-refractivity contribution in [3.05, 3.63) is 65.9 Å². The second-order valence-corrected chi connectivity index (χ2v) is 5.69. The molecule has 7 nitrogen and oxygen atoms in total. The Morgan fingerprint density at radius 1 is 1.23 bits per heavy atom. The van der Waals surface area contributed by atoms with E-state index in [9.17, 15) is 4.79 Å². The Bertz CT molecular complexity index is 852. The van der Waals surface area contributed by atoms with Crippen molar-refractivity contribution in [1.29, 1.82) is 0 Å². The molecule has 0 spiro atoms. The molecule has 1 aromatic carbocycles. The van der Waals surface area contributed by atoms with Crippen LogP contribution in [0, 0.1) is 0 Å². The molecule has 0 atom stereocenters. The third-order valence-electron chi connectivity index (χ3n) is 3.75. The maximum Gasteiger partial charge on any atom is 0.291 e. The molecule has 1 N–H and O–H groups in total. The minimum Gasteiger partial charge on any atom is -0.486 e. The summed E-state index contributed by atoms with van der Waals surface area (Å²) >= 11 is 0. The number of ether oxygens (including phenoxy) is 2. The van der Waals surface area contributed by atoms with Gasteiger partial charge in [-0.15, -0.1) is 0 Å². The maximum atomic E-state index is 12.2. The lowest BCUT2D eigenvalue weighted by Gasteiger charge is -2.05. The molecule has 0 aliphatic carbocycles. The highest BCUT2D eigenvalue weighted by Gasteiger charge is 2.13.